The standard InChI is InChI=1S/C27H28N4O5/c32-16-24-27-22(13-20(35-24)14-25(33)30-15-19-3-1-2-8-29-19)21-12-18(4-5-23(21)36-27)31-26(34)11-17-6-9-28-10-7-17/h1-10,12,20,22,24,27,32H,11,13-16H2,(H,30,33)(H,31,34)/t20-,22+,24+,27-/m1/s1. The summed E-state index contributed by atoms with van der Waals surface area (Å²) in [5.41, 5.74) is 3.28. The monoisotopic (exact) mass is 488 g/mol. The average molecular weight is 489 g/mol. The number of hydrogen-bond donors (Lipinski definition) is 3. The minimum absolute atomic E-state index is 0.0588. The number of amides is 2. The number of aliphatic hydroxyl groups excluding tert-OH is 1. The summed E-state index contributed by atoms with van der Waals surface area (Å²) in [6.45, 7) is 0.132. The Morgan fingerprint density at radius 3 is 2.69 bits per heavy atom. The van der Waals surface area contributed by atoms with Gasteiger partial charge in [-0.15, -0.1) is 0 Å². The van der Waals surface area contributed by atoms with Crippen molar-refractivity contribution in [3.8, 4) is 5.75 Å². The molecule has 5 rings (SSSR count). The summed E-state index contributed by atoms with van der Waals surface area (Å²) in [5.74, 6) is 0.382. The highest BCUT2D eigenvalue weighted by molar-refractivity contribution is 5.92. The molecule has 3 N–H and O–H groups in total. The van der Waals surface area contributed by atoms with Crippen molar-refractivity contribution in [1.29, 1.82) is 0 Å². The van der Waals surface area contributed by atoms with E-state index < -0.39 is 6.10 Å². The van der Waals surface area contributed by atoms with Crippen LogP contribution in [0.5, 0.6) is 5.75 Å². The van der Waals surface area contributed by atoms with Gasteiger partial charge in [0.25, 0.3) is 0 Å². The third-order valence-electron chi connectivity index (χ3n) is 6.50. The van der Waals surface area contributed by atoms with E-state index in [1.807, 2.05) is 42.5 Å². The zero-order chi connectivity index (χ0) is 24.9. The molecule has 2 aromatic heterocycles. The molecule has 4 atom stereocenters. The number of carbonyl (C=O) groups is 2. The van der Waals surface area contributed by atoms with Crippen LogP contribution in [-0.2, 0) is 27.3 Å². The Kier molecular flexibility index (Phi) is 7.20. The fraction of sp³-hybridized carbons (Fsp3) is 0.333. The van der Waals surface area contributed by atoms with Crippen LogP contribution in [-0.4, -0.2) is 51.8 Å². The normalized spacial score (nSPS) is 22.1. The SMILES string of the molecule is O=C(C[C@H]1C[C@H]2c3cc(NC(=O)Cc4ccncc4)ccc3O[C@H]2[C@H](CO)O1)NCc1ccccn1. The highest BCUT2D eigenvalue weighted by atomic mass is 16.6. The summed E-state index contributed by atoms with van der Waals surface area (Å²) >= 11 is 0. The molecule has 1 aromatic carbocycles. The second-order valence-electron chi connectivity index (χ2n) is 9.04. The average Bonchev–Trinajstić information content (AvgIpc) is 3.26. The molecule has 0 spiro atoms. The molecule has 9 heteroatoms. The zero-order valence-corrected chi connectivity index (χ0v) is 19.7. The van der Waals surface area contributed by atoms with Gasteiger partial charge in [0.15, 0.2) is 0 Å². The van der Waals surface area contributed by atoms with E-state index in [1.165, 1.54) is 0 Å². The highest BCUT2D eigenvalue weighted by Crippen LogP contribution is 2.47. The van der Waals surface area contributed by atoms with Crippen molar-refractivity contribution in [1.82, 2.24) is 15.3 Å². The van der Waals surface area contributed by atoms with Crippen LogP contribution in [0, 0.1) is 0 Å². The predicted molar refractivity (Wildman–Crippen MR) is 131 cm³/mol. The van der Waals surface area contributed by atoms with Gasteiger partial charge in [-0.3, -0.25) is 19.6 Å². The van der Waals surface area contributed by atoms with Crippen LogP contribution in [0.2, 0.25) is 0 Å². The van der Waals surface area contributed by atoms with E-state index in [1.54, 1.807) is 24.7 Å². The molecule has 1 saturated heterocycles. The van der Waals surface area contributed by atoms with Crippen molar-refractivity contribution in [2.24, 2.45) is 0 Å². The molecular formula is C27H28N4O5. The highest BCUT2D eigenvalue weighted by Gasteiger charge is 2.46. The summed E-state index contributed by atoms with van der Waals surface area (Å²) in [7, 11) is 0. The van der Waals surface area contributed by atoms with Gasteiger partial charge in [-0.05, 0) is 54.4 Å². The van der Waals surface area contributed by atoms with Crippen LogP contribution in [0.1, 0.15) is 35.6 Å². The summed E-state index contributed by atoms with van der Waals surface area (Å²) < 4.78 is 12.2. The minimum Gasteiger partial charge on any atom is -0.487 e. The Morgan fingerprint density at radius 2 is 1.92 bits per heavy atom. The number of ether oxygens (including phenoxy) is 2. The predicted octanol–water partition coefficient (Wildman–Crippen LogP) is 2.36. The maximum atomic E-state index is 12.6. The molecule has 2 amide bonds. The summed E-state index contributed by atoms with van der Waals surface area (Å²) in [5, 5.41) is 15.8. The Labute approximate surface area is 208 Å². The topological polar surface area (TPSA) is 123 Å². The number of fused-ring (bicyclic) bond motifs is 3. The van der Waals surface area contributed by atoms with Crippen molar-refractivity contribution in [3.63, 3.8) is 0 Å². The number of rotatable bonds is 8. The van der Waals surface area contributed by atoms with Gasteiger partial charge >= 0.3 is 0 Å². The number of nitrogens with one attached hydrogen (secondary N) is 2. The Bertz CT molecular complexity index is 1210. The summed E-state index contributed by atoms with van der Waals surface area (Å²) in [4.78, 5) is 33.3. The van der Waals surface area contributed by atoms with E-state index in [4.69, 9.17) is 9.47 Å². The second-order valence-corrected chi connectivity index (χ2v) is 9.04. The van der Waals surface area contributed by atoms with E-state index in [0.717, 1.165) is 16.8 Å². The van der Waals surface area contributed by atoms with Crippen LogP contribution in [0.3, 0.4) is 0 Å². The maximum absolute atomic E-state index is 12.6. The summed E-state index contributed by atoms with van der Waals surface area (Å²) in [6.07, 6.45) is 4.73. The quantitative estimate of drug-likeness (QED) is 0.445. The molecular weight excluding hydrogens is 460 g/mol. The van der Waals surface area contributed by atoms with E-state index in [9.17, 15) is 14.7 Å². The Hall–Kier alpha value is -3.82. The smallest absolute Gasteiger partial charge is 0.228 e. The number of pyridine rings is 2. The van der Waals surface area contributed by atoms with Crippen molar-refractivity contribution in [2.45, 2.75) is 50.0 Å². The second kappa shape index (κ2) is 10.8. The molecule has 36 heavy (non-hydrogen) atoms. The van der Waals surface area contributed by atoms with E-state index in [2.05, 4.69) is 20.6 Å². The van der Waals surface area contributed by atoms with Crippen molar-refractivity contribution in [2.75, 3.05) is 11.9 Å². The van der Waals surface area contributed by atoms with Crippen molar-refractivity contribution < 1.29 is 24.2 Å². The lowest BCUT2D eigenvalue weighted by atomic mass is 9.84. The van der Waals surface area contributed by atoms with Crippen LogP contribution in [0.25, 0.3) is 0 Å². The third kappa shape index (κ3) is 5.53. The van der Waals surface area contributed by atoms with Crippen molar-refractivity contribution in [3.05, 3.63) is 83.9 Å². The van der Waals surface area contributed by atoms with Crippen LogP contribution < -0.4 is 15.4 Å². The molecule has 0 bridgehead atoms. The van der Waals surface area contributed by atoms with Gasteiger partial charge in [-0.1, -0.05) is 6.07 Å². The Morgan fingerprint density at radius 1 is 1.06 bits per heavy atom. The fourth-order valence-electron chi connectivity index (χ4n) is 4.83. The molecule has 3 aromatic rings. The van der Waals surface area contributed by atoms with Gasteiger partial charge in [-0.2, -0.15) is 0 Å². The van der Waals surface area contributed by atoms with Crippen LogP contribution in [0.4, 0.5) is 5.69 Å². The molecule has 0 radical (unpaired) electrons. The Balaban J connectivity index is 1.24. The molecule has 2 aliphatic rings. The first-order valence-corrected chi connectivity index (χ1v) is 12.0. The first kappa shape index (κ1) is 23.9. The van der Waals surface area contributed by atoms with E-state index in [0.29, 0.717) is 24.4 Å². The number of aromatic nitrogens is 2. The van der Waals surface area contributed by atoms with E-state index in [-0.39, 0.29) is 49.4 Å². The molecule has 4 heterocycles. The van der Waals surface area contributed by atoms with Gasteiger partial charge in [0.05, 0.1) is 37.8 Å². The number of carbonyl (C=O) groups excluding carboxylic acids is 2. The molecule has 1 fully saturated rings. The van der Waals surface area contributed by atoms with Gasteiger partial charge in [0, 0.05) is 35.8 Å². The number of anilines is 1. The number of hydrogen-bond acceptors (Lipinski definition) is 7. The third-order valence-corrected chi connectivity index (χ3v) is 6.50. The zero-order valence-electron chi connectivity index (χ0n) is 19.7. The first-order chi connectivity index (χ1) is 17.6. The summed E-state index contributed by atoms with van der Waals surface area (Å²) in [6, 6.07) is 14.7. The molecule has 0 unspecified atom stereocenters. The lowest BCUT2D eigenvalue weighted by Gasteiger charge is -2.37. The lowest BCUT2D eigenvalue weighted by molar-refractivity contribution is -0.142. The molecule has 9 nitrogen and oxygen atoms in total. The van der Waals surface area contributed by atoms with Gasteiger partial charge in [0.2, 0.25) is 11.8 Å². The largest absolute Gasteiger partial charge is 0.487 e. The van der Waals surface area contributed by atoms with Gasteiger partial charge in [0.1, 0.15) is 18.0 Å². The number of aliphatic hydroxyl groups is 1. The minimum atomic E-state index is -0.547. The van der Waals surface area contributed by atoms with Crippen LogP contribution in [0.15, 0.2) is 67.1 Å². The maximum Gasteiger partial charge on any atom is 0.228 e. The molecule has 2 aliphatic heterocycles. The number of nitrogens with zero attached hydrogens (tertiary/aromatic N) is 2. The van der Waals surface area contributed by atoms with Gasteiger partial charge < -0.3 is 25.2 Å². The molecule has 0 saturated carbocycles. The van der Waals surface area contributed by atoms with Gasteiger partial charge in [-0.25, -0.2) is 0 Å². The fourth-order valence-corrected chi connectivity index (χ4v) is 4.83. The van der Waals surface area contributed by atoms with Crippen LogP contribution >= 0.6 is 0 Å². The molecule has 0 aliphatic carbocycles. The molecule has 186 valence electrons. The first-order valence-electron chi connectivity index (χ1n) is 12.0. The number of benzene rings is 1. The van der Waals surface area contributed by atoms with Crippen molar-refractivity contribution >= 4 is 17.5 Å². The van der Waals surface area contributed by atoms with E-state index >= 15 is 0 Å². The lowest BCUT2D eigenvalue weighted by Crippen LogP contribution is -2.47.